The quantitative estimate of drug-likeness (QED) is 0.832. The number of nitrogens with zero attached hydrogens (tertiary/aromatic N) is 3. The van der Waals surface area contributed by atoms with E-state index in [0.29, 0.717) is 6.54 Å². The van der Waals surface area contributed by atoms with Gasteiger partial charge in [0.25, 0.3) is 12.3 Å². The second kappa shape index (κ2) is 5.28. The van der Waals surface area contributed by atoms with Crippen LogP contribution in [0.4, 0.5) is 8.78 Å². The third kappa shape index (κ3) is 2.17. The second-order valence-corrected chi connectivity index (χ2v) is 6.50. The van der Waals surface area contributed by atoms with Crippen LogP contribution in [0.15, 0.2) is 22.9 Å². The average Bonchev–Trinajstić information content (AvgIpc) is 2.98. The molecule has 2 saturated heterocycles. The van der Waals surface area contributed by atoms with Gasteiger partial charge in [-0.25, -0.2) is 13.8 Å². The molecule has 2 fully saturated rings. The van der Waals surface area contributed by atoms with Crippen molar-refractivity contribution in [3.8, 4) is 0 Å². The largest absolute Gasteiger partial charge is 0.272 e. The number of carbonyl (C=O) groups is 1. The number of halogens is 3. The summed E-state index contributed by atoms with van der Waals surface area (Å²) in [5, 5.41) is 3.29. The van der Waals surface area contributed by atoms with Crippen molar-refractivity contribution >= 4 is 21.8 Å². The van der Waals surface area contributed by atoms with Crippen molar-refractivity contribution in [3.63, 3.8) is 0 Å². The first-order valence-corrected chi connectivity index (χ1v) is 7.76. The fourth-order valence-corrected chi connectivity index (χ4v) is 3.63. The van der Waals surface area contributed by atoms with Gasteiger partial charge in [-0.1, -0.05) is 6.92 Å². The number of rotatable bonds is 3. The molecule has 0 N–H and O–H groups in total. The molecular weight excluding hydrogens is 344 g/mol. The summed E-state index contributed by atoms with van der Waals surface area (Å²) in [6, 6.07) is 1.69. The Bertz CT molecular complexity index is 571. The van der Waals surface area contributed by atoms with Gasteiger partial charge in [-0.05, 0) is 40.4 Å². The van der Waals surface area contributed by atoms with Gasteiger partial charge in [0.15, 0.2) is 0 Å². The zero-order valence-corrected chi connectivity index (χ0v) is 13.2. The van der Waals surface area contributed by atoms with Crippen molar-refractivity contribution in [1.29, 1.82) is 0 Å². The maximum absolute atomic E-state index is 13.5. The molecule has 2 aliphatic rings. The number of amides is 1. The molecule has 0 unspecified atom stereocenters. The third-order valence-corrected chi connectivity index (χ3v) is 4.95. The molecule has 1 aromatic heterocycles. The molecule has 114 valence electrons. The summed E-state index contributed by atoms with van der Waals surface area (Å²) in [5.41, 5.74) is -0.681. The number of alkyl halides is 2. The van der Waals surface area contributed by atoms with Crippen molar-refractivity contribution in [2.75, 3.05) is 13.1 Å². The summed E-state index contributed by atoms with van der Waals surface area (Å²) in [6.45, 7) is 2.39. The molecule has 0 saturated carbocycles. The van der Waals surface area contributed by atoms with Gasteiger partial charge < -0.3 is 0 Å². The van der Waals surface area contributed by atoms with Crippen molar-refractivity contribution in [2.45, 2.75) is 32.2 Å². The highest BCUT2D eigenvalue weighted by Crippen LogP contribution is 2.46. The molecule has 0 aliphatic carbocycles. The normalized spacial score (nSPS) is 29.5. The zero-order valence-electron chi connectivity index (χ0n) is 11.6. The monoisotopic (exact) mass is 359 g/mol. The Morgan fingerprint density at radius 1 is 1.52 bits per heavy atom. The van der Waals surface area contributed by atoms with Crippen LogP contribution in [-0.2, 0) is 4.79 Å². The molecular formula is C14H16BrF2N3O. The number of carbonyl (C=O) groups excluding carboxylic acids is 1. The van der Waals surface area contributed by atoms with Crippen LogP contribution in [0.3, 0.4) is 0 Å². The zero-order chi connectivity index (χ0) is 15.2. The summed E-state index contributed by atoms with van der Waals surface area (Å²) in [4.78, 5) is 16.7. The van der Waals surface area contributed by atoms with Crippen LogP contribution in [0.25, 0.3) is 0 Å². The molecule has 1 amide bonds. The van der Waals surface area contributed by atoms with Gasteiger partial charge in [-0.3, -0.25) is 14.8 Å². The van der Waals surface area contributed by atoms with Gasteiger partial charge in [0.2, 0.25) is 0 Å². The molecule has 3 heterocycles. The van der Waals surface area contributed by atoms with E-state index < -0.39 is 17.7 Å². The maximum Gasteiger partial charge on any atom is 0.254 e. The minimum Gasteiger partial charge on any atom is -0.272 e. The van der Waals surface area contributed by atoms with Crippen LogP contribution in [-0.4, -0.2) is 40.4 Å². The highest BCUT2D eigenvalue weighted by atomic mass is 79.9. The highest BCUT2D eigenvalue weighted by molar-refractivity contribution is 9.10. The molecule has 3 rings (SSSR count). The first-order valence-electron chi connectivity index (χ1n) is 6.96. The fourth-order valence-electron chi connectivity index (χ4n) is 3.24. The topological polar surface area (TPSA) is 36.4 Å². The van der Waals surface area contributed by atoms with Gasteiger partial charge in [-0.2, -0.15) is 0 Å². The molecule has 4 nitrogen and oxygen atoms in total. The van der Waals surface area contributed by atoms with Crippen LogP contribution in [0, 0.1) is 5.41 Å². The number of hydrogen-bond donors (Lipinski definition) is 0. The van der Waals surface area contributed by atoms with Gasteiger partial charge in [0, 0.05) is 30.0 Å². The molecule has 0 aromatic carbocycles. The van der Waals surface area contributed by atoms with Crippen molar-refractivity contribution < 1.29 is 13.6 Å². The van der Waals surface area contributed by atoms with E-state index in [0.717, 1.165) is 16.5 Å². The maximum atomic E-state index is 13.5. The van der Waals surface area contributed by atoms with E-state index in [2.05, 4.69) is 20.9 Å². The van der Waals surface area contributed by atoms with Crippen LogP contribution < -0.4 is 0 Å². The van der Waals surface area contributed by atoms with E-state index in [1.165, 1.54) is 5.01 Å². The van der Waals surface area contributed by atoms with Gasteiger partial charge >= 0.3 is 0 Å². The van der Waals surface area contributed by atoms with E-state index in [1.54, 1.807) is 24.3 Å². The van der Waals surface area contributed by atoms with Crippen LogP contribution in [0.1, 0.15) is 31.4 Å². The van der Waals surface area contributed by atoms with Crippen LogP contribution in [0.5, 0.6) is 0 Å². The van der Waals surface area contributed by atoms with Crippen LogP contribution >= 0.6 is 15.9 Å². The standard InChI is InChI=1S/C14H16BrF2N3O/c1-2-14(12(16)17)8-19-4-3-11(20(19)13(14)21)9-5-10(15)7-18-6-9/h5-7,11-12H,2-4,8H2,1H3/t11-,14-/m0/s1. The Balaban J connectivity index is 1.94. The molecule has 21 heavy (non-hydrogen) atoms. The first kappa shape index (κ1) is 14.8. The predicted octanol–water partition coefficient (Wildman–Crippen LogP) is 3.01. The lowest BCUT2D eigenvalue weighted by molar-refractivity contribution is -0.148. The summed E-state index contributed by atoms with van der Waals surface area (Å²) in [6.07, 6.45) is 1.62. The Morgan fingerprint density at radius 3 is 2.90 bits per heavy atom. The number of pyridine rings is 1. The smallest absolute Gasteiger partial charge is 0.254 e. The van der Waals surface area contributed by atoms with Gasteiger partial charge in [0.1, 0.15) is 5.41 Å². The average molecular weight is 360 g/mol. The van der Waals surface area contributed by atoms with Crippen molar-refractivity contribution in [3.05, 3.63) is 28.5 Å². The number of hydrogen-bond acceptors (Lipinski definition) is 3. The highest BCUT2D eigenvalue weighted by Gasteiger charge is 2.59. The fraction of sp³-hybridized carbons (Fsp3) is 0.571. The van der Waals surface area contributed by atoms with Gasteiger partial charge in [0.05, 0.1) is 6.04 Å². The van der Waals surface area contributed by atoms with E-state index in [9.17, 15) is 13.6 Å². The lowest BCUT2D eigenvalue weighted by Crippen LogP contribution is -2.41. The third-order valence-electron chi connectivity index (χ3n) is 4.52. The second-order valence-electron chi connectivity index (χ2n) is 5.59. The molecule has 1 aromatic rings. The number of fused-ring (bicyclic) bond motifs is 1. The van der Waals surface area contributed by atoms with E-state index >= 15 is 0 Å². The Morgan fingerprint density at radius 2 is 2.29 bits per heavy atom. The van der Waals surface area contributed by atoms with E-state index in [1.807, 2.05) is 6.07 Å². The minimum atomic E-state index is -2.64. The lowest BCUT2D eigenvalue weighted by Gasteiger charge is -2.27. The van der Waals surface area contributed by atoms with E-state index in [-0.39, 0.29) is 19.0 Å². The van der Waals surface area contributed by atoms with Crippen molar-refractivity contribution in [2.24, 2.45) is 5.41 Å². The molecule has 7 heteroatoms. The summed E-state index contributed by atoms with van der Waals surface area (Å²) in [7, 11) is 0. The molecule has 0 radical (unpaired) electrons. The SMILES string of the molecule is CC[C@@]1(C(F)F)CN2CC[C@@H](c3cncc(Br)c3)N2C1=O. The Labute approximate surface area is 130 Å². The first-order chi connectivity index (χ1) is 9.99. The summed E-state index contributed by atoms with van der Waals surface area (Å²) < 4.78 is 27.7. The Kier molecular flexibility index (Phi) is 3.73. The summed E-state index contributed by atoms with van der Waals surface area (Å²) >= 11 is 3.36. The van der Waals surface area contributed by atoms with Crippen molar-refractivity contribution in [1.82, 2.24) is 15.0 Å². The molecule has 2 atom stereocenters. The van der Waals surface area contributed by atoms with Gasteiger partial charge in [-0.15, -0.1) is 0 Å². The Hall–Kier alpha value is -1.08. The predicted molar refractivity (Wildman–Crippen MR) is 76.4 cm³/mol. The molecule has 0 spiro atoms. The summed E-state index contributed by atoms with van der Waals surface area (Å²) in [5.74, 6) is -0.456. The molecule has 0 bridgehead atoms. The number of hydrazine groups is 1. The van der Waals surface area contributed by atoms with E-state index in [4.69, 9.17) is 0 Å². The molecule has 2 aliphatic heterocycles. The lowest BCUT2D eigenvalue weighted by atomic mass is 9.84. The minimum absolute atomic E-state index is 0.109. The number of aromatic nitrogens is 1. The van der Waals surface area contributed by atoms with Crippen LogP contribution in [0.2, 0.25) is 0 Å².